The van der Waals surface area contributed by atoms with Crippen LogP contribution in [-0.2, 0) is 5.41 Å². The lowest BCUT2D eigenvalue weighted by molar-refractivity contribution is 0.217. The van der Waals surface area contributed by atoms with E-state index >= 15 is 0 Å². The van der Waals surface area contributed by atoms with Crippen molar-refractivity contribution in [3.63, 3.8) is 0 Å². The van der Waals surface area contributed by atoms with Gasteiger partial charge in [0.2, 0.25) is 0 Å². The zero-order chi connectivity index (χ0) is 25.3. The molecule has 0 saturated carbocycles. The number of nitrogens with zero attached hydrogens (tertiary/aromatic N) is 2. The predicted octanol–water partition coefficient (Wildman–Crippen LogP) is 7.31. The van der Waals surface area contributed by atoms with Crippen LogP contribution in [0.2, 0.25) is 10.0 Å². The van der Waals surface area contributed by atoms with Crippen molar-refractivity contribution in [1.82, 2.24) is 4.90 Å². The van der Waals surface area contributed by atoms with Gasteiger partial charge in [0.05, 0.1) is 18.2 Å². The molecular formula is C28H29Cl2N3O2. The highest BCUT2D eigenvalue weighted by atomic mass is 35.5. The van der Waals surface area contributed by atoms with Crippen LogP contribution in [-0.4, -0.2) is 23.4 Å². The second-order valence-corrected chi connectivity index (χ2v) is 10.4. The van der Waals surface area contributed by atoms with Crippen molar-refractivity contribution in [2.75, 3.05) is 6.61 Å². The Labute approximate surface area is 216 Å². The smallest absolute Gasteiger partial charge is 0.321 e. The van der Waals surface area contributed by atoms with Crippen LogP contribution in [0.3, 0.4) is 0 Å². The molecule has 5 nitrogen and oxygen atoms in total. The molecule has 7 heteroatoms. The first-order valence-corrected chi connectivity index (χ1v) is 12.3. The van der Waals surface area contributed by atoms with E-state index < -0.39 is 18.1 Å². The maximum absolute atomic E-state index is 12.9. The number of rotatable bonds is 5. The van der Waals surface area contributed by atoms with Crippen molar-refractivity contribution < 1.29 is 9.53 Å². The second-order valence-electron chi connectivity index (χ2n) is 9.55. The normalized spacial score (nSPS) is 17.9. The first-order chi connectivity index (χ1) is 16.6. The third-order valence-electron chi connectivity index (χ3n) is 6.12. The Morgan fingerprint density at radius 3 is 2.06 bits per heavy atom. The monoisotopic (exact) mass is 509 g/mol. The molecule has 0 aliphatic carbocycles. The standard InChI is InChI=1S/C28H29Cl2N3O2/c1-5-35-23-16-19(28(2,3)4)10-15-22(23)26-32-24(17-6-11-20(29)12-7-17)25(33(26)27(31)34)18-8-13-21(30)14-9-18/h6-16,24-25H,5H2,1-4H3,(H2,31,34). The lowest BCUT2D eigenvalue weighted by Crippen LogP contribution is -2.41. The highest BCUT2D eigenvalue weighted by Gasteiger charge is 2.42. The van der Waals surface area contributed by atoms with E-state index in [9.17, 15) is 4.79 Å². The molecule has 0 spiro atoms. The maximum Gasteiger partial charge on any atom is 0.321 e. The van der Waals surface area contributed by atoms with Crippen molar-refractivity contribution in [2.24, 2.45) is 10.7 Å². The minimum Gasteiger partial charge on any atom is -0.493 e. The summed E-state index contributed by atoms with van der Waals surface area (Å²) in [4.78, 5) is 19.6. The number of benzene rings is 3. The number of amidine groups is 1. The van der Waals surface area contributed by atoms with E-state index in [1.165, 1.54) is 0 Å². The fourth-order valence-corrected chi connectivity index (χ4v) is 4.59. The molecule has 0 saturated heterocycles. The maximum atomic E-state index is 12.9. The van der Waals surface area contributed by atoms with Gasteiger partial charge in [0, 0.05) is 10.0 Å². The van der Waals surface area contributed by atoms with E-state index in [0.717, 1.165) is 16.7 Å². The molecule has 2 N–H and O–H groups in total. The number of aliphatic imine (C=N–C) groups is 1. The number of primary amides is 1. The number of ether oxygens (including phenoxy) is 1. The first kappa shape index (κ1) is 25.1. The summed E-state index contributed by atoms with van der Waals surface area (Å²) in [6.07, 6.45) is 0. The number of amides is 2. The van der Waals surface area contributed by atoms with Gasteiger partial charge >= 0.3 is 6.03 Å². The molecular weight excluding hydrogens is 481 g/mol. The van der Waals surface area contributed by atoms with Gasteiger partial charge in [-0.3, -0.25) is 9.89 Å². The largest absolute Gasteiger partial charge is 0.493 e. The number of hydrogen-bond acceptors (Lipinski definition) is 3. The van der Waals surface area contributed by atoms with Gasteiger partial charge in [-0.05, 0) is 65.4 Å². The Kier molecular flexibility index (Phi) is 7.11. The van der Waals surface area contributed by atoms with Gasteiger partial charge in [0.1, 0.15) is 17.6 Å². The Balaban J connectivity index is 1.91. The molecule has 2 amide bonds. The lowest BCUT2D eigenvalue weighted by Gasteiger charge is -2.29. The third-order valence-corrected chi connectivity index (χ3v) is 6.62. The van der Waals surface area contributed by atoms with Crippen molar-refractivity contribution in [1.29, 1.82) is 0 Å². The molecule has 4 rings (SSSR count). The van der Waals surface area contributed by atoms with E-state index in [-0.39, 0.29) is 5.41 Å². The van der Waals surface area contributed by atoms with Crippen molar-refractivity contribution in [3.8, 4) is 5.75 Å². The van der Waals surface area contributed by atoms with E-state index in [1.54, 1.807) is 17.0 Å². The van der Waals surface area contributed by atoms with Crippen molar-refractivity contribution in [3.05, 3.63) is 99.0 Å². The Morgan fingerprint density at radius 1 is 0.971 bits per heavy atom. The predicted molar refractivity (Wildman–Crippen MR) is 143 cm³/mol. The van der Waals surface area contributed by atoms with Crippen molar-refractivity contribution >= 4 is 35.1 Å². The van der Waals surface area contributed by atoms with E-state index in [0.29, 0.717) is 33.8 Å². The molecule has 2 unspecified atom stereocenters. The quantitative estimate of drug-likeness (QED) is 0.391. The van der Waals surface area contributed by atoms with E-state index in [2.05, 4.69) is 20.8 Å². The van der Waals surface area contributed by atoms with Crippen LogP contribution >= 0.6 is 23.2 Å². The van der Waals surface area contributed by atoms with Crippen LogP contribution < -0.4 is 10.5 Å². The van der Waals surface area contributed by atoms with Gasteiger partial charge in [-0.2, -0.15) is 0 Å². The summed E-state index contributed by atoms with van der Waals surface area (Å²) in [5.74, 6) is 1.14. The molecule has 0 radical (unpaired) electrons. The number of nitrogens with two attached hydrogens (primary N) is 1. The van der Waals surface area contributed by atoms with Gasteiger partial charge < -0.3 is 10.5 Å². The minimum atomic E-state index is -0.595. The Hall–Kier alpha value is -3.02. The molecule has 35 heavy (non-hydrogen) atoms. The number of hydrogen-bond donors (Lipinski definition) is 1. The topological polar surface area (TPSA) is 67.9 Å². The fraction of sp³-hybridized carbons (Fsp3) is 0.286. The second kappa shape index (κ2) is 9.92. The number of halogens is 2. The zero-order valence-electron chi connectivity index (χ0n) is 20.3. The van der Waals surface area contributed by atoms with E-state index in [4.69, 9.17) is 38.7 Å². The average molecular weight is 510 g/mol. The first-order valence-electron chi connectivity index (χ1n) is 11.5. The van der Waals surface area contributed by atoms with Crippen molar-refractivity contribution in [2.45, 2.75) is 45.2 Å². The lowest BCUT2D eigenvalue weighted by atomic mass is 9.86. The summed E-state index contributed by atoms with van der Waals surface area (Å²) >= 11 is 12.3. The Bertz CT molecular complexity index is 1250. The van der Waals surface area contributed by atoms with E-state index in [1.807, 2.05) is 61.5 Å². The van der Waals surface area contributed by atoms with Gasteiger partial charge in [-0.15, -0.1) is 0 Å². The summed E-state index contributed by atoms with van der Waals surface area (Å²) in [7, 11) is 0. The summed E-state index contributed by atoms with van der Waals surface area (Å²) in [6.45, 7) is 8.85. The summed E-state index contributed by atoms with van der Waals surface area (Å²) in [6, 6.07) is 19.5. The minimum absolute atomic E-state index is 0.0665. The molecule has 1 aliphatic heterocycles. The number of carbonyl (C=O) groups is 1. The van der Waals surface area contributed by atoms with Gasteiger partial charge in [0.15, 0.2) is 0 Å². The molecule has 0 fully saturated rings. The SMILES string of the molecule is CCOc1cc(C(C)(C)C)ccc1C1=NC(c2ccc(Cl)cc2)C(c2ccc(Cl)cc2)N1C(N)=O. The van der Waals surface area contributed by atoms with Gasteiger partial charge in [0.25, 0.3) is 0 Å². The molecule has 0 bridgehead atoms. The molecule has 3 aromatic rings. The Morgan fingerprint density at radius 2 is 1.54 bits per heavy atom. The summed E-state index contributed by atoms with van der Waals surface area (Å²) < 4.78 is 6.03. The molecule has 3 aromatic carbocycles. The summed E-state index contributed by atoms with van der Waals surface area (Å²) in [5.41, 5.74) is 9.55. The van der Waals surface area contributed by atoms with Gasteiger partial charge in [-0.25, -0.2) is 4.79 Å². The third kappa shape index (κ3) is 5.16. The zero-order valence-corrected chi connectivity index (χ0v) is 21.8. The van der Waals surface area contributed by atoms with Gasteiger partial charge in [-0.1, -0.05) is 74.3 Å². The van der Waals surface area contributed by atoms with Crippen LogP contribution in [0.5, 0.6) is 5.75 Å². The highest BCUT2D eigenvalue weighted by Crippen LogP contribution is 2.45. The molecule has 182 valence electrons. The molecule has 0 aromatic heterocycles. The van der Waals surface area contributed by atoms with Crippen LogP contribution in [0.15, 0.2) is 71.7 Å². The number of urea groups is 1. The van der Waals surface area contributed by atoms with Crippen LogP contribution in [0, 0.1) is 0 Å². The average Bonchev–Trinajstić information content (AvgIpc) is 3.20. The van der Waals surface area contributed by atoms with Crippen LogP contribution in [0.1, 0.15) is 62.0 Å². The summed E-state index contributed by atoms with van der Waals surface area (Å²) in [5, 5.41) is 1.24. The highest BCUT2D eigenvalue weighted by molar-refractivity contribution is 6.30. The van der Waals surface area contributed by atoms with Crippen LogP contribution in [0.4, 0.5) is 4.79 Å². The molecule has 1 aliphatic rings. The molecule has 1 heterocycles. The number of carbonyl (C=O) groups excluding carboxylic acids is 1. The van der Waals surface area contributed by atoms with Crippen LogP contribution in [0.25, 0.3) is 0 Å². The molecule has 2 atom stereocenters. The fourth-order valence-electron chi connectivity index (χ4n) is 4.33.